The number of halogens is 1. The summed E-state index contributed by atoms with van der Waals surface area (Å²) in [6.45, 7) is 7.26. The van der Waals surface area contributed by atoms with Crippen LogP contribution in [0.1, 0.15) is 40.0 Å². The van der Waals surface area contributed by atoms with Crippen molar-refractivity contribution in [1.82, 2.24) is 0 Å². The van der Waals surface area contributed by atoms with Gasteiger partial charge in [-0.1, -0.05) is 27.2 Å². The molecule has 2 heteroatoms. The minimum absolute atomic E-state index is 0.383. The molecular weight excluding hydrogens is 303 g/mol. The highest BCUT2D eigenvalue weighted by Crippen LogP contribution is 2.61. The largest absolute Gasteiger partial charge is 0.190 e. The zero-order chi connectivity index (χ0) is 10.9. The molecule has 3 atom stereocenters. The van der Waals surface area contributed by atoms with Crippen LogP contribution in [0.3, 0.4) is 0 Å². The highest BCUT2D eigenvalue weighted by molar-refractivity contribution is 14.2. The lowest BCUT2D eigenvalue weighted by atomic mass is 9.77. The Morgan fingerprint density at radius 3 is 2.21 bits per heavy atom. The van der Waals surface area contributed by atoms with Gasteiger partial charge in [0.2, 0.25) is 0 Å². The fourth-order valence-corrected chi connectivity index (χ4v) is 6.58. The molecule has 1 rings (SSSR count). The van der Waals surface area contributed by atoms with E-state index in [4.69, 9.17) is 0 Å². The zero-order valence-electron chi connectivity index (χ0n) is 10.2. The van der Waals surface area contributed by atoms with Gasteiger partial charge in [0.05, 0.1) is 0 Å². The summed E-state index contributed by atoms with van der Waals surface area (Å²) in [7, 11) is -0.383. The van der Waals surface area contributed by atoms with E-state index in [9.17, 15) is 0 Å². The fourth-order valence-electron chi connectivity index (χ4n) is 2.76. The quantitative estimate of drug-likeness (QED) is 0.635. The van der Waals surface area contributed by atoms with Crippen LogP contribution in [0.25, 0.3) is 0 Å². The highest BCUT2D eigenvalue weighted by Gasteiger charge is 2.36. The van der Waals surface area contributed by atoms with Gasteiger partial charge in [-0.2, -0.15) is 7.20 Å². The first-order valence-corrected chi connectivity index (χ1v) is 10.8. The molecule has 0 heterocycles. The molecule has 0 aromatic rings. The van der Waals surface area contributed by atoms with E-state index in [-0.39, 0.29) is 7.20 Å². The van der Waals surface area contributed by atoms with Crippen LogP contribution in [0.5, 0.6) is 0 Å². The predicted molar refractivity (Wildman–Crippen MR) is 78.6 cm³/mol. The Hall–Kier alpha value is 1.08. The van der Waals surface area contributed by atoms with Gasteiger partial charge in [0, 0.05) is 0 Å². The zero-order valence-corrected chi connectivity index (χ0v) is 13.2. The van der Waals surface area contributed by atoms with Crippen molar-refractivity contribution in [3.63, 3.8) is 0 Å². The lowest BCUT2D eigenvalue weighted by Crippen LogP contribution is -2.33. The molecular formula is C12H25IS. The first-order chi connectivity index (χ1) is 6.32. The summed E-state index contributed by atoms with van der Waals surface area (Å²) < 4.78 is 0. The van der Waals surface area contributed by atoms with Gasteiger partial charge in [0.25, 0.3) is 0 Å². The van der Waals surface area contributed by atoms with Crippen molar-refractivity contribution in [2.45, 2.75) is 45.3 Å². The SMILES string of the molecule is CC(C)[C@@H]1CC[C@@H](C)C[C@H]1S(C)(C)I. The summed E-state index contributed by atoms with van der Waals surface area (Å²) in [6, 6.07) is 0. The lowest BCUT2D eigenvalue weighted by Gasteiger charge is -2.46. The second kappa shape index (κ2) is 4.94. The smallest absolute Gasteiger partial charge is 0.0000734 e. The summed E-state index contributed by atoms with van der Waals surface area (Å²) in [4.78, 5) is 0. The molecule has 0 unspecified atom stereocenters. The fraction of sp³-hybridized carbons (Fsp3) is 1.00. The number of rotatable bonds is 2. The molecule has 0 N–H and O–H groups in total. The molecule has 0 radical (unpaired) electrons. The van der Waals surface area contributed by atoms with E-state index >= 15 is 0 Å². The number of hydrogen-bond donors (Lipinski definition) is 0. The third-order valence-corrected chi connectivity index (χ3v) is 7.62. The lowest BCUT2D eigenvalue weighted by molar-refractivity contribution is 0.243. The normalized spacial score (nSPS) is 36.1. The van der Waals surface area contributed by atoms with Crippen LogP contribution in [0.4, 0.5) is 0 Å². The topological polar surface area (TPSA) is 0 Å². The van der Waals surface area contributed by atoms with E-state index in [1.165, 1.54) is 19.3 Å². The Morgan fingerprint density at radius 2 is 1.79 bits per heavy atom. The van der Waals surface area contributed by atoms with E-state index < -0.39 is 0 Å². The predicted octanol–water partition coefficient (Wildman–Crippen LogP) is 4.86. The van der Waals surface area contributed by atoms with Gasteiger partial charge in [0.15, 0.2) is 0 Å². The molecule has 0 nitrogen and oxygen atoms in total. The van der Waals surface area contributed by atoms with Gasteiger partial charge in [-0.25, -0.2) is 0 Å². The van der Waals surface area contributed by atoms with Crippen LogP contribution in [0, 0.1) is 17.8 Å². The van der Waals surface area contributed by atoms with E-state index in [1.807, 2.05) is 0 Å². The molecule has 0 aromatic heterocycles. The van der Waals surface area contributed by atoms with Gasteiger partial charge in [-0.3, -0.25) is 0 Å². The summed E-state index contributed by atoms with van der Waals surface area (Å²) in [5.74, 6) is 2.85. The second-order valence-electron chi connectivity index (χ2n) is 5.64. The van der Waals surface area contributed by atoms with Gasteiger partial charge >= 0.3 is 0 Å². The minimum Gasteiger partial charge on any atom is -0.190 e. The molecule has 0 spiro atoms. The third kappa shape index (κ3) is 3.29. The summed E-state index contributed by atoms with van der Waals surface area (Å²) >= 11 is 2.74. The first kappa shape index (κ1) is 13.1. The Morgan fingerprint density at radius 1 is 1.21 bits per heavy atom. The molecule has 0 saturated heterocycles. The van der Waals surface area contributed by atoms with Crippen molar-refractivity contribution in [2.24, 2.45) is 17.8 Å². The molecule has 1 aliphatic rings. The Balaban J connectivity index is 2.74. The first-order valence-electron chi connectivity index (χ1n) is 5.74. The average molecular weight is 328 g/mol. The summed E-state index contributed by atoms with van der Waals surface area (Å²) in [6.07, 6.45) is 9.40. The van der Waals surface area contributed by atoms with Crippen molar-refractivity contribution < 1.29 is 0 Å². The Kier molecular flexibility index (Phi) is 4.64. The molecule has 0 amide bonds. The van der Waals surface area contributed by atoms with E-state index in [1.54, 1.807) is 0 Å². The maximum absolute atomic E-state index is 2.74. The molecule has 14 heavy (non-hydrogen) atoms. The molecule has 1 fully saturated rings. The van der Waals surface area contributed by atoms with Crippen molar-refractivity contribution in [2.75, 3.05) is 12.5 Å². The van der Waals surface area contributed by atoms with Crippen molar-refractivity contribution >= 4 is 28.4 Å². The Bertz CT molecular complexity index is 183. The third-order valence-electron chi connectivity index (χ3n) is 3.68. The van der Waals surface area contributed by atoms with E-state index in [0.717, 1.165) is 23.0 Å². The van der Waals surface area contributed by atoms with Crippen molar-refractivity contribution in [3.8, 4) is 0 Å². The van der Waals surface area contributed by atoms with Crippen molar-refractivity contribution in [3.05, 3.63) is 0 Å². The average Bonchev–Trinajstić information content (AvgIpc) is 2.01. The van der Waals surface area contributed by atoms with Gasteiger partial charge < -0.3 is 0 Å². The standard InChI is InChI=1S/C12H25IS/c1-9(2)11-7-6-10(3)8-12(11)14(4,5)13/h9-12H,6-8H2,1-5H3/t10-,11+,12-/m1/s1. The van der Waals surface area contributed by atoms with Crippen LogP contribution in [0.2, 0.25) is 0 Å². The van der Waals surface area contributed by atoms with E-state index in [0.29, 0.717) is 0 Å². The molecule has 86 valence electrons. The number of hydrogen-bond acceptors (Lipinski definition) is 0. The second-order valence-corrected chi connectivity index (χ2v) is 15.6. The molecule has 0 bridgehead atoms. The molecule has 0 aliphatic heterocycles. The monoisotopic (exact) mass is 328 g/mol. The molecule has 1 saturated carbocycles. The van der Waals surface area contributed by atoms with Crippen LogP contribution >= 0.6 is 28.4 Å². The van der Waals surface area contributed by atoms with Crippen molar-refractivity contribution in [1.29, 1.82) is 0 Å². The minimum atomic E-state index is -0.383. The van der Waals surface area contributed by atoms with Crippen LogP contribution in [0.15, 0.2) is 0 Å². The van der Waals surface area contributed by atoms with E-state index in [2.05, 4.69) is 54.5 Å². The highest BCUT2D eigenvalue weighted by atomic mass is 127. The van der Waals surface area contributed by atoms with Gasteiger partial charge in [-0.05, 0) is 69.6 Å². The summed E-state index contributed by atoms with van der Waals surface area (Å²) in [5, 5.41) is 1.01. The van der Waals surface area contributed by atoms with Gasteiger partial charge in [0.1, 0.15) is 0 Å². The Labute approximate surface area is 104 Å². The maximum atomic E-state index is 2.74. The summed E-state index contributed by atoms with van der Waals surface area (Å²) in [5.41, 5.74) is 0. The van der Waals surface area contributed by atoms with Crippen LogP contribution in [-0.2, 0) is 0 Å². The maximum Gasteiger partial charge on any atom is -0.0000734 e. The van der Waals surface area contributed by atoms with Crippen LogP contribution < -0.4 is 0 Å². The molecule has 0 aromatic carbocycles. The molecule has 1 aliphatic carbocycles. The van der Waals surface area contributed by atoms with Gasteiger partial charge in [-0.15, -0.1) is 0 Å². The van der Waals surface area contributed by atoms with Crippen LogP contribution in [-0.4, -0.2) is 17.8 Å².